The second-order valence-corrected chi connectivity index (χ2v) is 5.07. The average molecular weight is 262 g/mol. The van der Waals surface area contributed by atoms with Gasteiger partial charge in [-0.3, -0.25) is 10.2 Å². The van der Waals surface area contributed by atoms with E-state index in [-0.39, 0.29) is 5.91 Å². The number of nitrogen functional groups attached to an aromatic ring is 1. The van der Waals surface area contributed by atoms with Gasteiger partial charge >= 0.3 is 0 Å². The molecule has 3 heterocycles. The first kappa shape index (κ1) is 12.2. The van der Waals surface area contributed by atoms with Crippen LogP contribution in [-0.2, 0) is 4.79 Å². The van der Waals surface area contributed by atoms with E-state index in [9.17, 15) is 4.79 Å². The Kier molecular flexibility index (Phi) is 2.98. The Bertz CT molecular complexity index is 505. The molecule has 0 spiro atoms. The summed E-state index contributed by atoms with van der Waals surface area (Å²) in [6, 6.07) is 0.324. The van der Waals surface area contributed by atoms with Crippen molar-refractivity contribution in [2.75, 3.05) is 30.0 Å². The smallest absolute Gasteiger partial charge is 0.239 e. The molecule has 0 aliphatic carbocycles. The van der Waals surface area contributed by atoms with Crippen molar-refractivity contribution in [1.29, 1.82) is 0 Å². The van der Waals surface area contributed by atoms with Crippen LogP contribution in [0.15, 0.2) is 6.20 Å². The molecular formula is C12H18N6O. The van der Waals surface area contributed by atoms with Gasteiger partial charge in [0.25, 0.3) is 0 Å². The molecule has 7 nitrogen and oxygen atoms in total. The molecule has 0 saturated carbocycles. The molecule has 1 unspecified atom stereocenters. The van der Waals surface area contributed by atoms with Crippen LogP contribution in [0, 0.1) is 6.92 Å². The number of nitrogens with zero attached hydrogens (tertiary/aromatic N) is 4. The van der Waals surface area contributed by atoms with E-state index < -0.39 is 0 Å². The first-order valence-electron chi connectivity index (χ1n) is 6.53. The highest BCUT2D eigenvalue weighted by atomic mass is 16.2. The van der Waals surface area contributed by atoms with Crippen LogP contribution in [0.3, 0.4) is 0 Å². The predicted octanol–water partition coefficient (Wildman–Crippen LogP) is -0.118. The van der Waals surface area contributed by atoms with E-state index in [1.54, 1.807) is 6.20 Å². The van der Waals surface area contributed by atoms with E-state index >= 15 is 0 Å². The van der Waals surface area contributed by atoms with Crippen LogP contribution in [0.4, 0.5) is 11.8 Å². The zero-order chi connectivity index (χ0) is 13.4. The minimum atomic E-state index is 0.286. The molecule has 2 aliphatic heterocycles. The van der Waals surface area contributed by atoms with E-state index in [0.717, 1.165) is 37.4 Å². The second-order valence-electron chi connectivity index (χ2n) is 5.07. The molecule has 1 atom stereocenters. The molecule has 0 bridgehead atoms. The summed E-state index contributed by atoms with van der Waals surface area (Å²) in [7, 11) is 0. The highest BCUT2D eigenvalue weighted by Crippen LogP contribution is 2.27. The van der Waals surface area contributed by atoms with Crippen molar-refractivity contribution < 1.29 is 4.79 Å². The van der Waals surface area contributed by atoms with Crippen molar-refractivity contribution in [2.45, 2.75) is 25.8 Å². The third kappa shape index (κ3) is 2.10. The molecule has 2 fully saturated rings. The number of nitrogens with two attached hydrogens (primary N) is 1. The van der Waals surface area contributed by atoms with E-state index in [0.29, 0.717) is 18.4 Å². The first-order chi connectivity index (χ1) is 9.19. The van der Waals surface area contributed by atoms with Gasteiger partial charge in [-0.15, -0.1) is 0 Å². The highest BCUT2D eigenvalue weighted by molar-refractivity contribution is 5.79. The Balaban J connectivity index is 1.82. The molecule has 19 heavy (non-hydrogen) atoms. The molecule has 0 aromatic carbocycles. The molecule has 3 N–H and O–H groups in total. The number of amides is 1. The number of rotatable bonds is 2. The maximum atomic E-state index is 11.7. The van der Waals surface area contributed by atoms with Crippen molar-refractivity contribution in [3.05, 3.63) is 11.8 Å². The Morgan fingerprint density at radius 2 is 2.32 bits per heavy atom. The number of hydrazine groups is 1. The summed E-state index contributed by atoms with van der Waals surface area (Å²) in [4.78, 5) is 24.4. The minimum Gasteiger partial charge on any atom is -0.352 e. The van der Waals surface area contributed by atoms with Gasteiger partial charge < -0.3 is 9.80 Å². The third-order valence-corrected chi connectivity index (χ3v) is 3.87. The van der Waals surface area contributed by atoms with Crippen LogP contribution in [-0.4, -0.2) is 46.5 Å². The van der Waals surface area contributed by atoms with Gasteiger partial charge in [-0.1, -0.05) is 0 Å². The Morgan fingerprint density at radius 1 is 1.47 bits per heavy atom. The number of aromatic nitrogens is 2. The van der Waals surface area contributed by atoms with Gasteiger partial charge in [0.1, 0.15) is 5.82 Å². The number of carbonyl (C=O) groups is 1. The van der Waals surface area contributed by atoms with Crippen LogP contribution in [0.1, 0.15) is 18.4 Å². The summed E-state index contributed by atoms with van der Waals surface area (Å²) >= 11 is 0. The Labute approximate surface area is 111 Å². The SMILES string of the molecule is Cc1cnc(NN)nc1N1CCN2C(=O)CCC2C1. The third-order valence-electron chi connectivity index (χ3n) is 3.87. The van der Waals surface area contributed by atoms with Crippen LogP contribution in [0.2, 0.25) is 0 Å². The number of piperazine rings is 1. The van der Waals surface area contributed by atoms with Crippen LogP contribution < -0.4 is 16.2 Å². The fraction of sp³-hybridized carbons (Fsp3) is 0.583. The molecule has 1 aromatic heterocycles. The number of fused-ring (bicyclic) bond motifs is 1. The summed E-state index contributed by atoms with van der Waals surface area (Å²) in [6.07, 6.45) is 3.39. The number of hydrogen-bond donors (Lipinski definition) is 2. The fourth-order valence-corrected chi connectivity index (χ4v) is 2.88. The number of aryl methyl sites for hydroxylation is 1. The molecule has 0 radical (unpaired) electrons. The largest absolute Gasteiger partial charge is 0.352 e. The summed E-state index contributed by atoms with van der Waals surface area (Å²) in [5.74, 6) is 6.97. The first-order valence-corrected chi connectivity index (χ1v) is 6.53. The zero-order valence-electron chi connectivity index (χ0n) is 11.0. The summed E-state index contributed by atoms with van der Waals surface area (Å²) in [6.45, 7) is 4.41. The van der Waals surface area contributed by atoms with Crippen LogP contribution in [0.25, 0.3) is 0 Å². The minimum absolute atomic E-state index is 0.286. The van der Waals surface area contributed by atoms with Gasteiger partial charge in [-0.2, -0.15) is 4.98 Å². The van der Waals surface area contributed by atoms with Gasteiger partial charge in [0.05, 0.1) is 0 Å². The lowest BCUT2D eigenvalue weighted by atomic mass is 10.1. The lowest BCUT2D eigenvalue weighted by Gasteiger charge is -2.38. The van der Waals surface area contributed by atoms with Crippen molar-refractivity contribution in [2.24, 2.45) is 5.84 Å². The van der Waals surface area contributed by atoms with Crippen LogP contribution >= 0.6 is 0 Å². The Hall–Kier alpha value is -1.89. The lowest BCUT2D eigenvalue weighted by Crippen LogP contribution is -2.52. The molecule has 2 aliphatic rings. The van der Waals surface area contributed by atoms with Gasteiger partial charge in [0.15, 0.2) is 0 Å². The van der Waals surface area contributed by atoms with Crippen molar-refractivity contribution in [1.82, 2.24) is 14.9 Å². The number of anilines is 2. The fourth-order valence-electron chi connectivity index (χ4n) is 2.88. The maximum Gasteiger partial charge on any atom is 0.239 e. The number of nitrogens with one attached hydrogen (secondary N) is 1. The second kappa shape index (κ2) is 4.65. The van der Waals surface area contributed by atoms with E-state index in [2.05, 4.69) is 20.3 Å². The van der Waals surface area contributed by atoms with E-state index in [4.69, 9.17) is 5.84 Å². The normalized spacial score (nSPS) is 22.6. The Morgan fingerprint density at radius 3 is 3.11 bits per heavy atom. The molecule has 3 rings (SSSR count). The quantitative estimate of drug-likeness (QED) is 0.571. The van der Waals surface area contributed by atoms with Gasteiger partial charge in [-0.25, -0.2) is 10.8 Å². The molecule has 2 saturated heterocycles. The summed E-state index contributed by atoms with van der Waals surface area (Å²) < 4.78 is 0. The predicted molar refractivity (Wildman–Crippen MR) is 71.5 cm³/mol. The van der Waals surface area contributed by atoms with Crippen molar-refractivity contribution in [3.63, 3.8) is 0 Å². The molecule has 7 heteroatoms. The van der Waals surface area contributed by atoms with Gasteiger partial charge in [0, 0.05) is 43.9 Å². The molecule has 102 valence electrons. The topological polar surface area (TPSA) is 87.4 Å². The summed E-state index contributed by atoms with van der Waals surface area (Å²) in [5, 5.41) is 0. The zero-order valence-corrected chi connectivity index (χ0v) is 11.0. The van der Waals surface area contributed by atoms with E-state index in [1.807, 2.05) is 11.8 Å². The van der Waals surface area contributed by atoms with Crippen molar-refractivity contribution in [3.8, 4) is 0 Å². The number of carbonyl (C=O) groups excluding carboxylic acids is 1. The lowest BCUT2D eigenvalue weighted by molar-refractivity contribution is -0.129. The molecule has 1 amide bonds. The van der Waals surface area contributed by atoms with Crippen LogP contribution in [0.5, 0.6) is 0 Å². The van der Waals surface area contributed by atoms with E-state index in [1.165, 1.54) is 0 Å². The van der Waals surface area contributed by atoms with Gasteiger partial charge in [0.2, 0.25) is 11.9 Å². The van der Waals surface area contributed by atoms with Crippen molar-refractivity contribution >= 4 is 17.7 Å². The highest BCUT2D eigenvalue weighted by Gasteiger charge is 2.36. The molecular weight excluding hydrogens is 244 g/mol. The maximum absolute atomic E-state index is 11.7. The summed E-state index contributed by atoms with van der Waals surface area (Å²) in [5.41, 5.74) is 3.50. The average Bonchev–Trinajstić information content (AvgIpc) is 2.80. The standard InChI is InChI=1S/C12H18N6O/c1-8-6-14-12(16-13)15-11(8)17-4-5-18-9(7-17)2-3-10(18)19/h6,9H,2-5,7,13H2,1H3,(H,14,15,16). The monoisotopic (exact) mass is 262 g/mol. The number of hydrogen-bond acceptors (Lipinski definition) is 6. The molecule has 1 aromatic rings. The van der Waals surface area contributed by atoms with Gasteiger partial charge in [-0.05, 0) is 13.3 Å².